The van der Waals surface area contributed by atoms with Crippen molar-refractivity contribution in [1.82, 2.24) is 0 Å². The number of hydrogen-bond donors (Lipinski definition) is 0. The van der Waals surface area contributed by atoms with Crippen molar-refractivity contribution in [3.63, 3.8) is 0 Å². The lowest BCUT2D eigenvalue weighted by Crippen LogP contribution is -2.02. The molecule has 3 rings (SSSR count). The molecule has 1 fully saturated rings. The summed E-state index contributed by atoms with van der Waals surface area (Å²) >= 11 is 11.8. The largest absolute Gasteiger partial charge is 0.357 e. The Bertz CT molecular complexity index is 759. The first kappa shape index (κ1) is 15.1. The molecule has 0 unspecified atom stereocenters. The van der Waals surface area contributed by atoms with Crippen LogP contribution in [-0.4, -0.2) is 5.60 Å². The smallest absolute Gasteiger partial charge is 0.116 e. The molecule has 0 bridgehead atoms. The molecule has 0 aromatic heterocycles. The number of hydrogen-bond acceptors (Lipinski definition) is 2. The van der Waals surface area contributed by atoms with E-state index in [1.54, 1.807) is 12.1 Å². The first-order valence-electron chi connectivity index (χ1n) is 6.84. The molecule has 1 heterocycles. The standard InChI is InChI=1S/C18H13Cl2NO/c1-18(17(22-18)13-4-8-16(20)9-5-13)10-14(11-21)12-2-6-15(19)7-3-12/h2-10,17H,1H3/b14-10+/t17-,18-/m1/s1. The van der Waals surface area contributed by atoms with Gasteiger partial charge in [0.05, 0.1) is 11.6 Å². The number of halogens is 2. The summed E-state index contributed by atoms with van der Waals surface area (Å²) < 4.78 is 5.81. The first-order valence-corrected chi connectivity index (χ1v) is 7.59. The first-order chi connectivity index (χ1) is 10.5. The monoisotopic (exact) mass is 329 g/mol. The number of nitriles is 1. The molecule has 110 valence electrons. The average molecular weight is 330 g/mol. The normalized spacial score (nSPS) is 23.9. The fourth-order valence-electron chi connectivity index (χ4n) is 2.46. The second kappa shape index (κ2) is 5.78. The highest BCUT2D eigenvalue weighted by molar-refractivity contribution is 6.30. The predicted octanol–water partition coefficient (Wildman–Crippen LogP) is 5.43. The van der Waals surface area contributed by atoms with E-state index >= 15 is 0 Å². The molecule has 2 atom stereocenters. The molecule has 2 aromatic carbocycles. The second-order valence-corrected chi connectivity index (χ2v) is 6.28. The number of allylic oxidation sites excluding steroid dienone is 1. The van der Waals surface area contributed by atoms with E-state index in [1.165, 1.54) is 0 Å². The molecule has 1 aliphatic rings. The molecule has 22 heavy (non-hydrogen) atoms. The third-order valence-corrected chi connectivity index (χ3v) is 4.22. The molecule has 1 saturated heterocycles. The Kier molecular flexibility index (Phi) is 3.97. The molecule has 0 N–H and O–H groups in total. The molecular weight excluding hydrogens is 317 g/mol. The maximum Gasteiger partial charge on any atom is 0.116 e. The second-order valence-electron chi connectivity index (χ2n) is 5.41. The highest BCUT2D eigenvalue weighted by Crippen LogP contribution is 2.51. The lowest BCUT2D eigenvalue weighted by atomic mass is 9.96. The van der Waals surface area contributed by atoms with Crippen LogP contribution in [0.15, 0.2) is 54.6 Å². The minimum absolute atomic E-state index is 0.0552. The zero-order chi connectivity index (χ0) is 15.7. The van der Waals surface area contributed by atoms with Crippen molar-refractivity contribution >= 4 is 28.8 Å². The Labute approximate surface area is 139 Å². The predicted molar refractivity (Wildman–Crippen MR) is 88.7 cm³/mol. The summed E-state index contributed by atoms with van der Waals surface area (Å²) in [5.74, 6) is 0. The van der Waals surface area contributed by atoms with Gasteiger partial charge in [-0.25, -0.2) is 0 Å². The average Bonchev–Trinajstić information content (AvgIpc) is 3.18. The van der Waals surface area contributed by atoms with Gasteiger partial charge in [0.2, 0.25) is 0 Å². The van der Waals surface area contributed by atoms with Gasteiger partial charge in [-0.15, -0.1) is 0 Å². The molecule has 2 aromatic rings. The minimum Gasteiger partial charge on any atom is -0.357 e. The summed E-state index contributed by atoms with van der Waals surface area (Å²) in [5.41, 5.74) is 1.99. The van der Waals surface area contributed by atoms with Crippen LogP contribution in [0.4, 0.5) is 0 Å². The van der Waals surface area contributed by atoms with Gasteiger partial charge in [0.1, 0.15) is 11.7 Å². The molecular formula is C18H13Cl2NO. The van der Waals surface area contributed by atoms with Crippen molar-refractivity contribution < 1.29 is 4.74 Å². The minimum atomic E-state index is -0.474. The Morgan fingerprint density at radius 3 is 2.18 bits per heavy atom. The van der Waals surface area contributed by atoms with Crippen molar-refractivity contribution in [3.05, 3.63) is 75.8 Å². The Morgan fingerprint density at radius 2 is 1.64 bits per heavy atom. The fourth-order valence-corrected chi connectivity index (χ4v) is 2.71. The highest BCUT2D eigenvalue weighted by atomic mass is 35.5. The Hall–Kier alpha value is -1.79. The van der Waals surface area contributed by atoms with Gasteiger partial charge in [-0.2, -0.15) is 5.26 Å². The van der Waals surface area contributed by atoms with Gasteiger partial charge in [0, 0.05) is 10.0 Å². The highest BCUT2D eigenvalue weighted by Gasteiger charge is 2.51. The van der Waals surface area contributed by atoms with Gasteiger partial charge < -0.3 is 4.74 Å². The van der Waals surface area contributed by atoms with Gasteiger partial charge in [-0.3, -0.25) is 0 Å². The van der Waals surface area contributed by atoms with Gasteiger partial charge in [0.15, 0.2) is 0 Å². The molecule has 0 amide bonds. The van der Waals surface area contributed by atoms with Crippen molar-refractivity contribution in [2.45, 2.75) is 18.6 Å². The fraction of sp³-hybridized carbons (Fsp3) is 0.167. The molecule has 0 spiro atoms. The van der Waals surface area contributed by atoms with E-state index in [0.717, 1.165) is 11.1 Å². The molecule has 2 nitrogen and oxygen atoms in total. The number of benzene rings is 2. The van der Waals surface area contributed by atoms with Gasteiger partial charge in [-0.1, -0.05) is 47.5 Å². The molecule has 0 saturated carbocycles. The zero-order valence-electron chi connectivity index (χ0n) is 11.9. The lowest BCUT2D eigenvalue weighted by Gasteiger charge is -2.04. The van der Waals surface area contributed by atoms with E-state index in [1.807, 2.05) is 49.4 Å². The SMILES string of the molecule is C[C@]1(/C=C(\C#N)c2ccc(Cl)cc2)O[C@@H]1c1ccc(Cl)cc1. The van der Waals surface area contributed by atoms with E-state index in [2.05, 4.69) is 6.07 Å². The molecule has 0 aliphatic carbocycles. The Balaban J connectivity index is 1.86. The van der Waals surface area contributed by atoms with Crippen LogP contribution in [0.2, 0.25) is 10.0 Å². The number of rotatable bonds is 3. The van der Waals surface area contributed by atoms with Crippen LogP contribution in [0.1, 0.15) is 24.2 Å². The van der Waals surface area contributed by atoms with Crippen LogP contribution in [0.25, 0.3) is 5.57 Å². The number of epoxide rings is 1. The summed E-state index contributed by atoms with van der Waals surface area (Å²) in [6.45, 7) is 1.97. The van der Waals surface area contributed by atoms with Gasteiger partial charge in [0.25, 0.3) is 0 Å². The quantitative estimate of drug-likeness (QED) is 0.556. The number of nitrogens with zero attached hydrogens (tertiary/aromatic N) is 1. The summed E-state index contributed by atoms with van der Waals surface area (Å²) in [5, 5.41) is 10.8. The summed E-state index contributed by atoms with van der Waals surface area (Å²) in [7, 11) is 0. The van der Waals surface area contributed by atoms with E-state index < -0.39 is 5.60 Å². The zero-order valence-corrected chi connectivity index (χ0v) is 13.4. The molecule has 1 aliphatic heterocycles. The summed E-state index contributed by atoms with van der Waals surface area (Å²) in [6, 6.07) is 17.0. The van der Waals surface area contributed by atoms with E-state index in [-0.39, 0.29) is 6.10 Å². The summed E-state index contributed by atoms with van der Waals surface area (Å²) in [4.78, 5) is 0. The molecule has 0 radical (unpaired) electrons. The van der Waals surface area contributed by atoms with E-state index in [9.17, 15) is 5.26 Å². The topological polar surface area (TPSA) is 36.3 Å². The van der Waals surface area contributed by atoms with Crippen LogP contribution in [0.3, 0.4) is 0 Å². The third-order valence-electron chi connectivity index (χ3n) is 3.71. The number of ether oxygens (including phenoxy) is 1. The van der Waals surface area contributed by atoms with Crippen LogP contribution in [0, 0.1) is 11.3 Å². The molecule has 4 heteroatoms. The Morgan fingerprint density at radius 1 is 1.09 bits per heavy atom. The van der Waals surface area contributed by atoms with Crippen molar-refractivity contribution in [3.8, 4) is 6.07 Å². The van der Waals surface area contributed by atoms with Crippen LogP contribution in [0.5, 0.6) is 0 Å². The van der Waals surface area contributed by atoms with E-state index in [4.69, 9.17) is 27.9 Å². The van der Waals surface area contributed by atoms with Crippen molar-refractivity contribution in [1.29, 1.82) is 5.26 Å². The van der Waals surface area contributed by atoms with Crippen LogP contribution in [-0.2, 0) is 4.74 Å². The van der Waals surface area contributed by atoms with Crippen molar-refractivity contribution in [2.24, 2.45) is 0 Å². The van der Waals surface area contributed by atoms with Gasteiger partial charge in [-0.05, 0) is 48.4 Å². The summed E-state index contributed by atoms with van der Waals surface area (Å²) in [6.07, 6.45) is 1.82. The van der Waals surface area contributed by atoms with E-state index in [0.29, 0.717) is 15.6 Å². The van der Waals surface area contributed by atoms with Gasteiger partial charge >= 0.3 is 0 Å². The van der Waals surface area contributed by atoms with Crippen LogP contribution < -0.4 is 0 Å². The maximum atomic E-state index is 9.41. The maximum absolute atomic E-state index is 9.41. The lowest BCUT2D eigenvalue weighted by molar-refractivity contribution is 0.345. The third kappa shape index (κ3) is 3.03. The van der Waals surface area contributed by atoms with Crippen LogP contribution >= 0.6 is 23.2 Å². The van der Waals surface area contributed by atoms with Crippen molar-refractivity contribution in [2.75, 3.05) is 0 Å².